The van der Waals surface area contributed by atoms with Gasteiger partial charge in [-0.25, -0.2) is 9.79 Å². The van der Waals surface area contributed by atoms with E-state index in [4.69, 9.17) is 4.74 Å². The van der Waals surface area contributed by atoms with Gasteiger partial charge in [0.05, 0.1) is 32.0 Å². The van der Waals surface area contributed by atoms with Gasteiger partial charge in [-0.1, -0.05) is 23.5 Å². The molecule has 1 atom stereocenters. The van der Waals surface area contributed by atoms with Gasteiger partial charge in [-0.15, -0.1) is 0 Å². The van der Waals surface area contributed by atoms with Crippen molar-refractivity contribution in [2.45, 2.75) is 19.9 Å². The first-order chi connectivity index (χ1) is 16.6. The molecule has 0 aliphatic carbocycles. The molecular formula is C25H23I2N3O4S. The number of carbonyl (C=O) groups is 1. The summed E-state index contributed by atoms with van der Waals surface area (Å²) in [4.78, 5) is 33.8. The molecule has 10 heteroatoms. The molecule has 4 rings (SSSR count). The smallest absolute Gasteiger partial charge is 0.338 e. The molecule has 1 N–H and O–H groups in total. The van der Waals surface area contributed by atoms with Gasteiger partial charge in [0.25, 0.3) is 5.56 Å². The number of thiazole rings is 1. The largest absolute Gasteiger partial charge is 0.506 e. The van der Waals surface area contributed by atoms with Crippen molar-refractivity contribution in [3.63, 3.8) is 0 Å². The number of nitrogens with zero attached hydrogens (tertiary/aromatic N) is 3. The third-order valence-corrected chi connectivity index (χ3v) is 8.01. The Morgan fingerprint density at radius 2 is 1.94 bits per heavy atom. The van der Waals surface area contributed by atoms with Crippen LogP contribution in [0.3, 0.4) is 0 Å². The summed E-state index contributed by atoms with van der Waals surface area (Å²) in [5.74, 6) is -0.370. The summed E-state index contributed by atoms with van der Waals surface area (Å²) < 4.78 is 8.97. The van der Waals surface area contributed by atoms with Crippen molar-refractivity contribution in [2.24, 2.45) is 4.99 Å². The maximum absolute atomic E-state index is 13.7. The summed E-state index contributed by atoms with van der Waals surface area (Å²) in [5.41, 5.74) is 2.92. The second kappa shape index (κ2) is 10.4. The van der Waals surface area contributed by atoms with Crippen LogP contribution in [-0.4, -0.2) is 36.3 Å². The topological polar surface area (TPSA) is 84.1 Å². The summed E-state index contributed by atoms with van der Waals surface area (Å²) in [5, 5.41) is 10.6. The Balaban J connectivity index is 1.96. The monoisotopic (exact) mass is 715 g/mol. The van der Waals surface area contributed by atoms with Crippen LogP contribution in [0.15, 0.2) is 57.5 Å². The lowest BCUT2D eigenvalue weighted by Gasteiger charge is -2.25. The number of phenolic OH excluding ortho intramolecular Hbond substituents is 1. The lowest BCUT2D eigenvalue weighted by atomic mass is 9.95. The number of hydrogen-bond acceptors (Lipinski definition) is 7. The van der Waals surface area contributed by atoms with Gasteiger partial charge in [-0.2, -0.15) is 0 Å². The Morgan fingerprint density at radius 1 is 1.26 bits per heavy atom. The molecule has 0 spiro atoms. The Bertz CT molecular complexity index is 1520. The van der Waals surface area contributed by atoms with Crippen molar-refractivity contribution in [3.05, 3.63) is 85.6 Å². The molecule has 35 heavy (non-hydrogen) atoms. The van der Waals surface area contributed by atoms with E-state index in [9.17, 15) is 14.7 Å². The number of carbonyl (C=O) groups excluding carboxylic acids is 1. The number of allylic oxidation sites excluding steroid dienone is 1. The normalized spacial score (nSPS) is 15.6. The van der Waals surface area contributed by atoms with E-state index in [1.54, 1.807) is 24.5 Å². The fourth-order valence-electron chi connectivity index (χ4n) is 3.90. The van der Waals surface area contributed by atoms with Crippen LogP contribution >= 0.6 is 56.5 Å². The molecule has 0 saturated heterocycles. The van der Waals surface area contributed by atoms with Gasteiger partial charge in [0.2, 0.25) is 0 Å². The van der Waals surface area contributed by atoms with Gasteiger partial charge in [-0.3, -0.25) is 9.36 Å². The average molecular weight is 715 g/mol. The molecule has 1 aliphatic heterocycles. The van der Waals surface area contributed by atoms with Crippen LogP contribution in [0.4, 0.5) is 5.69 Å². The number of halogens is 2. The number of hydrogen-bond donors (Lipinski definition) is 1. The number of aromatic hydroxyl groups is 1. The summed E-state index contributed by atoms with van der Waals surface area (Å²) in [7, 11) is 3.90. The zero-order valence-corrected chi connectivity index (χ0v) is 24.6. The standard InChI is InChI=1S/C25H23I2N3O4S/c1-5-34-24(33)20-13(2)28-25-30(21(20)14-6-8-17(9-7-14)29(3)4)23(32)19(35-25)11-15-10-16(26)12-18(27)22(15)31/h6-12,21,31H,5H2,1-4H3/b19-11-. The molecule has 3 aromatic rings. The van der Waals surface area contributed by atoms with E-state index in [1.807, 2.05) is 55.4 Å². The Morgan fingerprint density at radius 3 is 2.57 bits per heavy atom. The molecule has 7 nitrogen and oxygen atoms in total. The predicted octanol–water partition coefficient (Wildman–Crippen LogP) is 3.78. The Hall–Kier alpha value is -2.19. The summed E-state index contributed by atoms with van der Waals surface area (Å²) in [6.07, 6.45) is 1.68. The second-order valence-corrected chi connectivity index (χ2v) is 11.5. The molecule has 0 saturated carbocycles. The van der Waals surface area contributed by atoms with Gasteiger partial charge in [0, 0.05) is 28.9 Å². The second-order valence-electron chi connectivity index (χ2n) is 8.11. The third kappa shape index (κ3) is 5.05. The van der Waals surface area contributed by atoms with E-state index < -0.39 is 12.0 Å². The van der Waals surface area contributed by atoms with Crippen molar-refractivity contribution in [3.8, 4) is 5.75 Å². The molecule has 1 aliphatic rings. The van der Waals surface area contributed by atoms with E-state index in [0.29, 0.717) is 29.7 Å². The third-order valence-electron chi connectivity index (χ3n) is 5.59. The SMILES string of the molecule is CCOC(=O)C1=C(C)N=c2s/c(=C\c3cc(I)cc(I)c3O)c(=O)n2C1c1ccc(N(C)C)cc1. The highest BCUT2D eigenvalue weighted by atomic mass is 127. The summed E-state index contributed by atoms with van der Waals surface area (Å²) in [6, 6.07) is 10.8. The lowest BCUT2D eigenvalue weighted by Crippen LogP contribution is -2.39. The minimum atomic E-state index is -0.673. The number of fused-ring (bicyclic) bond motifs is 1. The van der Waals surface area contributed by atoms with E-state index in [0.717, 1.165) is 14.8 Å². The first-order valence-corrected chi connectivity index (χ1v) is 13.7. The van der Waals surface area contributed by atoms with Crippen LogP contribution in [0.25, 0.3) is 6.08 Å². The van der Waals surface area contributed by atoms with Crippen LogP contribution < -0.4 is 19.8 Å². The Kier molecular flexibility index (Phi) is 7.71. The van der Waals surface area contributed by atoms with Crippen molar-refractivity contribution in [1.82, 2.24) is 4.57 Å². The van der Waals surface area contributed by atoms with Crippen molar-refractivity contribution in [1.29, 1.82) is 0 Å². The quantitative estimate of drug-likeness (QED) is 0.322. The molecule has 2 heterocycles. The highest BCUT2D eigenvalue weighted by Crippen LogP contribution is 2.32. The molecule has 182 valence electrons. The summed E-state index contributed by atoms with van der Waals surface area (Å²) >= 11 is 5.48. The number of esters is 1. The van der Waals surface area contributed by atoms with Gasteiger partial charge in [0.1, 0.15) is 5.75 Å². The molecule has 0 bridgehead atoms. The number of benzene rings is 2. The maximum Gasteiger partial charge on any atom is 0.338 e. The fourth-order valence-corrected chi connectivity index (χ4v) is 6.83. The molecule has 0 fully saturated rings. The van der Waals surface area contributed by atoms with Crippen LogP contribution in [0.1, 0.15) is 31.0 Å². The molecular weight excluding hydrogens is 692 g/mol. The number of aromatic nitrogens is 1. The van der Waals surface area contributed by atoms with Crippen LogP contribution in [0, 0.1) is 7.14 Å². The van der Waals surface area contributed by atoms with Gasteiger partial charge >= 0.3 is 5.97 Å². The fraction of sp³-hybridized carbons (Fsp3) is 0.240. The summed E-state index contributed by atoms with van der Waals surface area (Å²) in [6.45, 7) is 3.73. The van der Waals surface area contributed by atoms with E-state index >= 15 is 0 Å². The lowest BCUT2D eigenvalue weighted by molar-refractivity contribution is -0.139. The van der Waals surface area contributed by atoms with Crippen LogP contribution in [0.5, 0.6) is 5.75 Å². The highest BCUT2D eigenvalue weighted by Gasteiger charge is 2.33. The zero-order chi connectivity index (χ0) is 25.4. The molecule has 2 aromatic carbocycles. The average Bonchev–Trinajstić information content (AvgIpc) is 3.10. The molecule has 0 amide bonds. The van der Waals surface area contributed by atoms with Gasteiger partial charge in [-0.05, 0) is 94.9 Å². The highest BCUT2D eigenvalue weighted by molar-refractivity contribution is 14.1. The molecule has 1 unspecified atom stereocenters. The number of phenols is 1. The van der Waals surface area contributed by atoms with Crippen molar-refractivity contribution >= 4 is 74.3 Å². The van der Waals surface area contributed by atoms with Crippen LogP contribution in [-0.2, 0) is 9.53 Å². The van der Waals surface area contributed by atoms with Gasteiger partial charge in [0.15, 0.2) is 4.80 Å². The number of rotatable bonds is 5. The minimum absolute atomic E-state index is 0.121. The first-order valence-electron chi connectivity index (χ1n) is 10.8. The minimum Gasteiger partial charge on any atom is -0.506 e. The first kappa shape index (κ1) is 25.9. The van der Waals surface area contributed by atoms with E-state index in [-0.39, 0.29) is 17.9 Å². The number of ether oxygens (including phenoxy) is 1. The predicted molar refractivity (Wildman–Crippen MR) is 155 cm³/mol. The van der Waals surface area contributed by atoms with Crippen molar-refractivity contribution < 1.29 is 14.6 Å². The molecule has 0 radical (unpaired) electrons. The van der Waals surface area contributed by atoms with E-state index in [2.05, 4.69) is 50.2 Å². The van der Waals surface area contributed by atoms with Crippen LogP contribution in [0.2, 0.25) is 0 Å². The Labute approximate surface area is 233 Å². The van der Waals surface area contributed by atoms with Gasteiger partial charge < -0.3 is 14.7 Å². The zero-order valence-electron chi connectivity index (χ0n) is 19.5. The van der Waals surface area contributed by atoms with E-state index in [1.165, 1.54) is 11.3 Å². The molecule has 1 aromatic heterocycles. The maximum atomic E-state index is 13.7. The number of anilines is 1. The van der Waals surface area contributed by atoms with Crippen molar-refractivity contribution in [2.75, 3.05) is 25.6 Å².